The molecule has 0 bridgehead atoms. The Kier molecular flexibility index (Phi) is 12.2. The molecule has 4 aromatic carbocycles. The van der Waals surface area contributed by atoms with Gasteiger partial charge in [0.25, 0.3) is 10.0 Å². The number of amides is 2. The minimum atomic E-state index is -4.21. The van der Waals surface area contributed by atoms with Crippen molar-refractivity contribution in [3.8, 4) is 5.75 Å². The molecule has 0 spiro atoms. The Morgan fingerprint density at radius 3 is 2.11 bits per heavy atom. The molecule has 10 heteroatoms. The van der Waals surface area contributed by atoms with Crippen molar-refractivity contribution in [1.82, 2.24) is 10.2 Å². The zero-order chi connectivity index (χ0) is 33.1. The topological polar surface area (TPSA) is 96.0 Å². The lowest BCUT2D eigenvalue weighted by Gasteiger charge is -2.34. The summed E-state index contributed by atoms with van der Waals surface area (Å²) in [7, 11) is -4.21. The molecule has 0 heterocycles. The molecule has 4 rings (SSSR count). The minimum Gasteiger partial charge on any atom is -0.494 e. The molecule has 0 saturated carbocycles. The first-order valence-electron chi connectivity index (χ1n) is 15.3. The highest BCUT2D eigenvalue weighted by atomic mass is 35.5. The first-order valence-corrected chi connectivity index (χ1v) is 17.1. The quantitative estimate of drug-likeness (QED) is 0.159. The number of anilines is 1. The van der Waals surface area contributed by atoms with Gasteiger partial charge in [-0.05, 0) is 79.9 Å². The van der Waals surface area contributed by atoms with Crippen LogP contribution in [0.15, 0.2) is 108 Å². The molecule has 1 atom stereocenters. The fourth-order valence-electron chi connectivity index (χ4n) is 4.95. The Morgan fingerprint density at radius 1 is 0.848 bits per heavy atom. The second kappa shape index (κ2) is 16.3. The summed E-state index contributed by atoms with van der Waals surface area (Å²) in [5.74, 6) is -0.308. The van der Waals surface area contributed by atoms with Crippen LogP contribution in [0.5, 0.6) is 5.75 Å². The van der Waals surface area contributed by atoms with E-state index in [2.05, 4.69) is 5.32 Å². The number of nitrogens with one attached hydrogen (secondary N) is 1. The SMILES string of the molecule is CCCNC(=O)[C@@H](Cc1ccccc1)N(Cc1ccc(Cl)cc1)C(=O)CN(c1ccc(C)cc1)S(=O)(=O)c1ccc(OCC)cc1. The van der Waals surface area contributed by atoms with E-state index in [0.717, 1.165) is 27.4 Å². The number of halogens is 1. The zero-order valence-corrected chi connectivity index (χ0v) is 27.9. The zero-order valence-electron chi connectivity index (χ0n) is 26.4. The molecular formula is C36H40ClN3O5S. The van der Waals surface area contributed by atoms with E-state index < -0.39 is 28.5 Å². The van der Waals surface area contributed by atoms with Crippen molar-refractivity contribution < 1.29 is 22.7 Å². The van der Waals surface area contributed by atoms with Gasteiger partial charge < -0.3 is 15.0 Å². The van der Waals surface area contributed by atoms with E-state index in [0.29, 0.717) is 29.6 Å². The van der Waals surface area contributed by atoms with Crippen LogP contribution in [0.3, 0.4) is 0 Å². The summed E-state index contributed by atoms with van der Waals surface area (Å²) in [5, 5.41) is 3.49. The molecule has 0 unspecified atom stereocenters. The van der Waals surface area contributed by atoms with E-state index in [-0.39, 0.29) is 23.8 Å². The van der Waals surface area contributed by atoms with Gasteiger partial charge in [0.1, 0.15) is 18.3 Å². The van der Waals surface area contributed by atoms with Crippen LogP contribution in [0.25, 0.3) is 0 Å². The van der Waals surface area contributed by atoms with Gasteiger partial charge in [-0.25, -0.2) is 8.42 Å². The summed E-state index contributed by atoms with van der Waals surface area (Å²) in [5.41, 5.74) is 2.88. The summed E-state index contributed by atoms with van der Waals surface area (Å²) >= 11 is 6.15. The highest BCUT2D eigenvalue weighted by Crippen LogP contribution is 2.27. The van der Waals surface area contributed by atoms with Crippen molar-refractivity contribution in [2.24, 2.45) is 0 Å². The van der Waals surface area contributed by atoms with Crippen molar-refractivity contribution in [2.45, 2.75) is 51.1 Å². The number of nitrogens with zero attached hydrogens (tertiary/aromatic N) is 2. The van der Waals surface area contributed by atoms with Crippen LogP contribution < -0.4 is 14.4 Å². The summed E-state index contributed by atoms with van der Waals surface area (Å²) in [4.78, 5) is 29.7. The highest BCUT2D eigenvalue weighted by molar-refractivity contribution is 7.92. The predicted octanol–water partition coefficient (Wildman–Crippen LogP) is 6.41. The molecule has 1 N–H and O–H groups in total. The third-order valence-electron chi connectivity index (χ3n) is 7.41. The van der Waals surface area contributed by atoms with Gasteiger partial charge in [0.15, 0.2) is 0 Å². The molecule has 242 valence electrons. The second-order valence-electron chi connectivity index (χ2n) is 10.9. The Balaban J connectivity index is 1.78. The fraction of sp³-hybridized carbons (Fsp3) is 0.278. The molecule has 0 aliphatic carbocycles. The number of carbonyl (C=O) groups excluding carboxylic acids is 2. The van der Waals surface area contributed by atoms with Crippen LogP contribution in [-0.2, 0) is 32.6 Å². The molecule has 0 radical (unpaired) electrons. The summed E-state index contributed by atoms with van der Waals surface area (Å²) < 4.78 is 35.0. The number of sulfonamides is 1. The van der Waals surface area contributed by atoms with Crippen LogP contribution in [0.4, 0.5) is 5.69 Å². The number of ether oxygens (including phenoxy) is 1. The van der Waals surface area contributed by atoms with Gasteiger partial charge in [-0.1, -0.05) is 78.7 Å². The molecule has 0 fully saturated rings. The Labute approximate surface area is 277 Å². The van der Waals surface area contributed by atoms with E-state index in [1.807, 2.05) is 51.1 Å². The number of carbonyl (C=O) groups is 2. The minimum absolute atomic E-state index is 0.00936. The lowest BCUT2D eigenvalue weighted by atomic mass is 10.0. The third kappa shape index (κ3) is 9.11. The molecular weight excluding hydrogens is 622 g/mol. The van der Waals surface area contributed by atoms with E-state index >= 15 is 0 Å². The van der Waals surface area contributed by atoms with Gasteiger partial charge in [0.2, 0.25) is 11.8 Å². The highest BCUT2D eigenvalue weighted by Gasteiger charge is 2.34. The number of rotatable bonds is 15. The van der Waals surface area contributed by atoms with Gasteiger partial charge in [0, 0.05) is 24.5 Å². The van der Waals surface area contributed by atoms with Crippen molar-refractivity contribution >= 4 is 39.1 Å². The van der Waals surface area contributed by atoms with E-state index in [9.17, 15) is 18.0 Å². The predicted molar refractivity (Wildman–Crippen MR) is 183 cm³/mol. The summed E-state index contributed by atoms with van der Waals surface area (Å²) in [6.07, 6.45) is 0.961. The monoisotopic (exact) mass is 661 g/mol. The maximum atomic E-state index is 14.5. The summed E-state index contributed by atoms with van der Waals surface area (Å²) in [6, 6.07) is 28.6. The lowest BCUT2D eigenvalue weighted by Crippen LogP contribution is -2.53. The number of hydrogen-bond acceptors (Lipinski definition) is 5. The van der Waals surface area contributed by atoms with Crippen molar-refractivity contribution in [3.63, 3.8) is 0 Å². The molecule has 8 nitrogen and oxygen atoms in total. The van der Waals surface area contributed by atoms with Crippen molar-refractivity contribution in [2.75, 3.05) is 24.0 Å². The van der Waals surface area contributed by atoms with Gasteiger partial charge in [-0.2, -0.15) is 0 Å². The van der Waals surface area contributed by atoms with E-state index in [1.165, 1.54) is 17.0 Å². The average molecular weight is 662 g/mol. The Bertz CT molecular complexity index is 1680. The van der Waals surface area contributed by atoms with Crippen molar-refractivity contribution in [3.05, 3.63) is 125 Å². The smallest absolute Gasteiger partial charge is 0.264 e. The summed E-state index contributed by atoms with van der Waals surface area (Å²) in [6.45, 7) is 6.12. The largest absolute Gasteiger partial charge is 0.494 e. The standard InChI is InChI=1S/C36H40ClN3O5S/c1-4-23-38-36(42)34(24-28-9-7-6-8-10-28)39(25-29-13-15-30(37)16-14-29)35(41)26-40(31-17-11-27(3)12-18-31)46(43,44)33-21-19-32(20-22-33)45-5-2/h6-22,34H,4-5,23-26H2,1-3H3,(H,38,42)/t34-/m1/s1. The molecule has 0 aliphatic heterocycles. The van der Waals surface area contributed by atoms with E-state index in [4.69, 9.17) is 16.3 Å². The van der Waals surface area contributed by atoms with Crippen molar-refractivity contribution in [1.29, 1.82) is 0 Å². The average Bonchev–Trinajstić information content (AvgIpc) is 3.06. The van der Waals surface area contributed by atoms with Gasteiger partial charge in [-0.3, -0.25) is 13.9 Å². The molecule has 0 aliphatic rings. The van der Waals surface area contributed by atoms with Gasteiger partial charge in [0.05, 0.1) is 17.2 Å². The van der Waals surface area contributed by atoms with Crippen LogP contribution in [0.1, 0.15) is 37.0 Å². The van der Waals surface area contributed by atoms with Crippen LogP contribution in [0.2, 0.25) is 5.02 Å². The second-order valence-corrected chi connectivity index (χ2v) is 13.2. The Morgan fingerprint density at radius 2 is 1.50 bits per heavy atom. The first-order chi connectivity index (χ1) is 22.1. The third-order valence-corrected chi connectivity index (χ3v) is 9.45. The fourth-order valence-corrected chi connectivity index (χ4v) is 6.49. The maximum absolute atomic E-state index is 14.5. The first kappa shape index (κ1) is 34.5. The van der Waals surface area contributed by atoms with Crippen LogP contribution >= 0.6 is 11.6 Å². The lowest BCUT2D eigenvalue weighted by molar-refractivity contribution is -0.140. The maximum Gasteiger partial charge on any atom is 0.264 e. The molecule has 0 aromatic heterocycles. The number of benzene rings is 4. The normalized spacial score (nSPS) is 11.8. The van der Waals surface area contributed by atoms with Gasteiger partial charge in [-0.15, -0.1) is 0 Å². The molecule has 2 amide bonds. The Hall–Kier alpha value is -4.34. The van der Waals surface area contributed by atoms with Crippen LogP contribution in [-0.4, -0.2) is 50.9 Å². The molecule has 4 aromatic rings. The number of hydrogen-bond donors (Lipinski definition) is 1. The molecule has 46 heavy (non-hydrogen) atoms. The van der Waals surface area contributed by atoms with E-state index in [1.54, 1.807) is 60.7 Å². The van der Waals surface area contributed by atoms with Gasteiger partial charge >= 0.3 is 0 Å². The van der Waals surface area contributed by atoms with Crippen LogP contribution in [0, 0.1) is 6.92 Å². The number of aryl methyl sites for hydroxylation is 1. The molecule has 0 saturated heterocycles.